The molecule has 3 rings (SSSR count). The van der Waals surface area contributed by atoms with Gasteiger partial charge in [0.2, 0.25) is 5.91 Å². The average Bonchev–Trinajstić information content (AvgIpc) is 2.87. The highest BCUT2D eigenvalue weighted by molar-refractivity contribution is 5.85. The highest BCUT2D eigenvalue weighted by atomic mass is 35.5. The number of aromatic nitrogens is 3. The van der Waals surface area contributed by atoms with Gasteiger partial charge < -0.3 is 11.1 Å². The second-order valence-electron chi connectivity index (χ2n) is 6.07. The van der Waals surface area contributed by atoms with E-state index in [1.165, 1.54) is 0 Å². The van der Waals surface area contributed by atoms with Crippen LogP contribution in [-0.4, -0.2) is 26.0 Å². The number of fused-ring (bicyclic) bond motifs is 1. The van der Waals surface area contributed by atoms with Crippen molar-refractivity contribution in [3.8, 4) is 0 Å². The van der Waals surface area contributed by atoms with Gasteiger partial charge in [0.25, 0.3) is 0 Å². The molecule has 0 spiro atoms. The predicted molar refractivity (Wildman–Crippen MR) is 93.9 cm³/mol. The molecule has 1 aliphatic carbocycles. The second-order valence-corrected chi connectivity index (χ2v) is 6.07. The summed E-state index contributed by atoms with van der Waals surface area (Å²) in [6.07, 6.45) is 5.83. The molecule has 0 radical (unpaired) electrons. The van der Waals surface area contributed by atoms with E-state index in [0.29, 0.717) is 6.54 Å². The number of nitrogens with zero attached hydrogens (tertiary/aromatic N) is 3. The number of nitrogens with one attached hydrogen (secondary N) is 1. The maximum absolute atomic E-state index is 12.4. The fourth-order valence-electron chi connectivity index (χ4n) is 3.09. The summed E-state index contributed by atoms with van der Waals surface area (Å²) >= 11 is 0. The quantitative estimate of drug-likeness (QED) is 0.878. The summed E-state index contributed by atoms with van der Waals surface area (Å²) in [5, 5.41) is 11.2. The molecule has 8 heteroatoms. The van der Waals surface area contributed by atoms with Crippen molar-refractivity contribution in [2.24, 2.45) is 11.7 Å². The van der Waals surface area contributed by atoms with Crippen molar-refractivity contribution in [3.05, 3.63) is 30.2 Å². The maximum Gasteiger partial charge on any atom is 0.225 e. The molecule has 2 heterocycles. The number of hydrogen-bond acceptors (Lipinski definition) is 4. The minimum atomic E-state index is -0.407. The number of carbonyl (C=O) groups excluding carboxylic acids is 1. The van der Waals surface area contributed by atoms with Crippen LogP contribution in [-0.2, 0) is 11.3 Å². The van der Waals surface area contributed by atoms with Gasteiger partial charge in [0, 0.05) is 11.7 Å². The van der Waals surface area contributed by atoms with Crippen LogP contribution in [0.3, 0.4) is 0 Å². The van der Waals surface area contributed by atoms with Crippen molar-refractivity contribution in [1.82, 2.24) is 19.9 Å². The first-order valence-electron chi connectivity index (χ1n) is 7.43. The average molecular weight is 360 g/mol. The first-order valence-corrected chi connectivity index (χ1v) is 7.43. The number of carbonyl (C=O) groups is 1. The van der Waals surface area contributed by atoms with Crippen LogP contribution in [0.4, 0.5) is 0 Å². The van der Waals surface area contributed by atoms with Gasteiger partial charge in [-0.2, -0.15) is 0 Å². The lowest BCUT2D eigenvalue weighted by atomic mass is 9.74. The van der Waals surface area contributed by atoms with E-state index in [1.54, 1.807) is 0 Å². The standard InChI is InChI=1S/C15H21N5O.2ClH/c1-15(16)8-4-2-6-11(15)14(21)17-10-13-19-18-12-7-3-5-9-20(12)13;;/h3,5,7,9,11H,2,4,6,8,10,16H2,1H3,(H,17,21);2*1H. The van der Waals surface area contributed by atoms with Crippen LogP contribution >= 0.6 is 24.8 Å². The summed E-state index contributed by atoms with van der Waals surface area (Å²) in [6.45, 7) is 2.35. The molecule has 2 aromatic rings. The largest absolute Gasteiger partial charge is 0.348 e. The summed E-state index contributed by atoms with van der Waals surface area (Å²) in [7, 11) is 0. The summed E-state index contributed by atoms with van der Waals surface area (Å²) in [5.74, 6) is 0.631. The molecule has 3 N–H and O–H groups in total. The Kier molecular flexibility index (Phi) is 6.80. The Balaban J connectivity index is 0.00000132. The molecule has 1 saturated carbocycles. The SMILES string of the molecule is CC1(N)CCCCC1C(=O)NCc1nnc2ccccn12.Cl.Cl. The molecular formula is C15H23Cl2N5O. The predicted octanol–water partition coefficient (Wildman–Crippen LogP) is 2.10. The number of nitrogens with two attached hydrogens (primary N) is 1. The highest BCUT2D eigenvalue weighted by Crippen LogP contribution is 2.31. The van der Waals surface area contributed by atoms with Crippen LogP contribution in [0, 0.1) is 5.92 Å². The van der Waals surface area contributed by atoms with E-state index >= 15 is 0 Å². The lowest BCUT2D eigenvalue weighted by Crippen LogP contribution is -2.52. The van der Waals surface area contributed by atoms with Crippen molar-refractivity contribution in [1.29, 1.82) is 0 Å². The van der Waals surface area contributed by atoms with Gasteiger partial charge in [0.1, 0.15) is 0 Å². The third kappa shape index (κ3) is 4.13. The Labute approximate surface area is 148 Å². The molecule has 6 nitrogen and oxygen atoms in total. The van der Waals surface area contributed by atoms with Gasteiger partial charge >= 0.3 is 0 Å². The van der Waals surface area contributed by atoms with Gasteiger partial charge in [-0.1, -0.05) is 18.9 Å². The normalized spacial score (nSPS) is 23.7. The first-order chi connectivity index (χ1) is 10.1. The fourth-order valence-corrected chi connectivity index (χ4v) is 3.09. The first kappa shape index (κ1) is 19.7. The second kappa shape index (κ2) is 7.95. The van der Waals surface area contributed by atoms with Crippen molar-refractivity contribution in [2.75, 3.05) is 0 Å². The van der Waals surface area contributed by atoms with E-state index in [-0.39, 0.29) is 36.6 Å². The van der Waals surface area contributed by atoms with Crippen molar-refractivity contribution < 1.29 is 4.79 Å². The fraction of sp³-hybridized carbons (Fsp3) is 0.533. The number of halogens is 2. The van der Waals surface area contributed by atoms with Crippen molar-refractivity contribution >= 4 is 36.4 Å². The van der Waals surface area contributed by atoms with Crippen LogP contribution < -0.4 is 11.1 Å². The lowest BCUT2D eigenvalue weighted by Gasteiger charge is -2.37. The van der Waals surface area contributed by atoms with Gasteiger partial charge in [0.15, 0.2) is 11.5 Å². The molecule has 128 valence electrons. The van der Waals surface area contributed by atoms with E-state index < -0.39 is 5.54 Å². The minimum absolute atomic E-state index is 0. The molecule has 1 amide bonds. The van der Waals surface area contributed by atoms with Crippen LogP contribution in [0.25, 0.3) is 5.65 Å². The number of amides is 1. The van der Waals surface area contributed by atoms with Gasteiger partial charge in [-0.15, -0.1) is 35.0 Å². The third-order valence-corrected chi connectivity index (χ3v) is 4.38. The van der Waals surface area contributed by atoms with Gasteiger partial charge in [-0.3, -0.25) is 9.20 Å². The van der Waals surface area contributed by atoms with Crippen LogP contribution in [0.5, 0.6) is 0 Å². The Morgan fingerprint density at radius 3 is 2.91 bits per heavy atom. The smallest absolute Gasteiger partial charge is 0.225 e. The molecule has 23 heavy (non-hydrogen) atoms. The lowest BCUT2D eigenvalue weighted by molar-refractivity contribution is -0.128. The zero-order valence-electron chi connectivity index (χ0n) is 13.1. The summed E-state index contributed by atoms with van der Waals surface area (Å²) in [4.78, 5) is 12.4. The van der Waals surface area contributed by atoms with E-state index in [1.807, 2.05) is 35.7 Å². The van der Waals surface area contributed by atoms with E-state index in [0.717, 1.165) is 37.2 Å². The Bertz CT molecular complexity index is 658. The van der Waals surface area contributed by atoms with Gasteiger partial charge in [-0.05, 0) is 31.9 Å². The zero-order chi connectivity index (χ0) is 14.9. The van der Waals surface area contributed by atoms with Crippen LogP contribution in [0.2, 0.25) is 0 Å². The Hall–Kier alpha value is -1.37. The molecule has 0 aromatic carbocycles. The monoisotopic (exact) mass is 359 g/mol. The summed E-state index contributed by atoms with van der Waals surface area (Å²) in [5.41, 5.74) is 6.64. The van der Waals surface area contributed by atoms with Gasteiger partial charge in [0.05, 0.1) is 12.5 Å². The van der Waals surface area contributed by atoms with E-state index in [2.05, 4.69) is 15.5 Å². The third-order valence-electron chi connectivity index (χ3n) is 4.38. The maximum atomic E-state index is 12.4. The molecule has 1 fully saturated rings. The summed E-state index contributed by atoms with van der Waals surface area (Å²) < 4.78 is 1.88. The van der Waals surface area contributed by atoms with Crippen molar-refractivity contribution in [2.45, 2.75) is 44.7 Å². The molecule has 2 unspecified atom stereocenters. The molecule has 2 atom stereocenters. The Morgan fingerprint density at radius 2 is 2.17 bits per heavy atom. The van der Waals surface area contributed by atoms with E-state index in [9.17, 15) is 4.79 Å². The van der Waals surface area contributed by atoms with Crippen LogP contribution in [0.1, 0.15) is 38.4 Å². The van der Waals surface area contributed by atoms with E-state index in [4.69, 9.17) is 5.73 Å². The van der Waals surface area contributed by atoms with Crippen molar-refractivity contribution in [3.63, 3.8) is 0 Å². The number of pyridine rings is 1. The zero-order valence-corrected chi connectivity index (χ0v) is 14.7. The van der Waals surface area contributed by atoms with Crippen LogP contribution in [0.15, 0.2) is 24.4 Å². The number of hydrogen-bond donors (Lipinski definition) is 2. The molecule has 1 aliphatic rings. The Morgan fingerprint density at radius 1 is 1.39 bits per heavy atom. The number of rotatable bonds is 3. The summed E-state index contributed by atoms with van der Waals surface area (Å²) in [6, 6.07) is 5.71. The minimum Gasteiger partial charge on any atom is -0.348 e. The highest BCUT2D eigenvalue weighted by Gasteiger charge is 2.37. The van der Waals surface area contributed by atoms with Gasteiger partial charge in [-0.25, -0.2) is 0 Å². The molecule has 2 aromatic heterocycles. The topological polar surface area (TPSA) is 85.3 Å². The molecule has 0 bridgehead atoms. The molecule has 0 aliphatic heterocycles. The molecule has 0 saturated heterocycles. The molecular weight excluding hydrogens is 337 g/mol.